The summed E-state index contributed by atoms with van der Waals surface area (Å²) in [6.07, 6.45) is 1.18. The van der Waals surface area contributed by atoms with Crippen molar-refractivity contribution in [1.29, 1.82) is 5.26 Å². The number of hydrogen-bond acceptors (Lipinski definition) is 6. The summed E-state index contributed by atoms with van der Waals surface area (Å²) in [6.45, 7) is 0. The van der Waals surface area contributed by atoms with Crippen LogP contribution in [0.5, 0.6) is 0 Å². The molecule has 0 unspecified atom stereocenters. The maximum Gasteiger partial charge on any atom is 0.186 e. The van der Waals surface area contributed by atoms with E-state index in [1.54, 1.807) is 31.3 Å². The average molecular weight is 338 g/mol. The third-order valence-electron chi connectivity index (χ3n) is 3.73. The summed E-state index contributed by atoms with van der Waals surface area (Å²) in [5, 5.41) is 20.9. The largest absolute Gasteiger partial charge is 0.385 e. The molecule has 0 radical (unpaired) electrons. The Hall–Kier alpha value is -2.98. The zero-order chi connectivity index (χ0) is 17.3. The van der Waals surface area contributed by atoms with Gasteiger partial charge in [0.15, 0.2) is 15.5 Å². The predicted molar refractivity (Wildman–Crippen MR) is 92.3 cm³/mol. The maximum atomic E-state index is 11.5. The van der Waals surface area contributed by atoms with E-state index in [-0.39, 0.29) is 10.6 Å². The third-order valence-corrected chi connectivity index (χ3v) is 4.86. The van der Waals surface area contributed by atoms with Crippen LogP contribution < -0.4 is 5.32 Å². The molecule has 6 nitrogen and oxygen atoms in total. The molecule has 24 heavy (non-hydrogen) atoms. The van der Waals surface area contributed by atoms with Gasteiger partial charge in [0.1, 0.15) is 6.07 Å². The lowest BCUT2D eigenvalue weighted by atomic mass is 10.0. The number of hydrogen-bond donors (Lipinski definition) is 1. The summed E-state index contributed by atoms with van der Waals surface area (Å²) in [5.74, 6) is 0. The summed E-state index contributed by atoms with van der Waals surface area (Å²) in [5.41, 5.74) is 3.31. The minimum atomic E-state index is -3.21. The normalized spacial score (nSPS) is 11.2. The highest BCUT2D eigenvalue weighted by molar-refractivity contribution is 7.90. The standard InChI is InChI=1S/C17H14N4O2S/c1-19-17-14-8-5-12(9-15(14)20-21-16(17)10-18)11-3-6-13(7-4-11)24(2,22)23/h3-9H,1-2H3,(H,19,20). The number of fused-ring (bicyclic) bond motifs is 1. The van der Waals surface area contributed by atoms with Crippen LogP contribution in [0.4, 0.5) is 5.69 Å². The maximum absolute atomic E-state index is 11.5. The minimum Gasteiger partial charge on any atom is -0.385 e. The second kappa shape index (κ2) is 5.91. The Kier molecular flexibility index (Phi) is 3.91. The van der Waals surface area contributed by atoms with Gasteiger partial charge in [-0.05, 0) is 35.4 Å². The van der Waals surface area contributed by atoms with Crippen molar-refractivity contribution in [2.24, 2.45) is 0 Å². The van der Waals surface area contributed by atoms with Crippen LogP contribution in [0.1, 0.15) is 5.69 Å². The molecule has 0 aliphatic rings. The number of benzene rings is 2. The van der Waals surface area contributed by atoms with Gasteiger partial charge in [-0.25, -0.2) is 8.42 Å². The van der Waals surface area contributed by atoms with Crippen molar-refractivity contribution in [3.63, 3.8) is 0 Å². The lowest BCUT2D eigenvalue weighted by Gasteiger charge is -2.08. The van der Waals surface area contributed by atoms with Gasteiger partial charge in [0, 0.05) is 18.7 Å². The zero-order valence-corrected chi connectivity index (χ0v) is 13.9. The molecule has 0 amide bonds. The SMILES string of the molecule is CNc1c(C#N)nnc2cc(-c3ccc(S(C)(=O)=O)cc3)ccc12. The fraction of sp³-hybridized carbons (Fsp3) is 0.118. The molecule has 0 atom stereocenters. The van der Waals surface area contributed by atoms with Crippen molar-refractivity contribution in [3.05, 3.63) is 48.2 Å². The Morgan fingerprint density at radius 1 is 1.04 bits per heavy atom. The molecule has 1 N–H and O–H groups in total. The molecule has 1 heterocycles. The first-order valence-electron chi connectivity index (χ1n) is 7.13. The fourth-order valence-electron chi connectivity index (χ4n) is 2.51. The summed E-state index contributed by atoms with van der Waals surface area (Å²) in [6, 6.07) is 14.3. The fourth-order valence-corrected chi connectivity index (χ4v) is 3.14. The monoisotopic (exact) mass is 338 g/mol. The topological polar surface area (TPSA) is 95.7 Å². The Balaban J connectivity index is 2.10. The van der Waals surface area contributed by atoms with E-state index in [0.29, 0.717) is 11.2 Å². The Bertz CT molecular complexity index is 1070. The van der Waals surface area contributed by atoms with Crippen LogP contribution in [0, 0.1) is 11.3 Å². The number of sulfone groups is 1. The highest BCUT2D eigenvalue weighted by Gasteiger charge is 2.11. The molecule has 7 heteroatoms. The Labute approximate surface area is 139 Å². The quantitative estimate of drug-likeness (QED) is 0.788. The highest BCUT2D eigenvalue weighted by atomic mass is 32.2. The zero-order valence-electron chi connectivity index (χ0n) is 13.1. The molecule has 3 rings (SSSR count). The van der Waals surface area contributed by atoms with Crippen LogP contribution in [0.2, 0.25) is 0 Å². The Morgan fingerprint density at radius 3 is 2.29 bits per heavy atom. The van der Waals surface area contributed by atoms with Crippen molar-refractivity contribution in [2.45, 2.75) is 4.90 Å². The highest BCUT2D eigenvalue weighted by Crippen LogP contribution is 2.29. The minimum absolute atomic E-state index is 0.246. The lowest BCUT2D eigenvalue weighted by Crippen LogP contribution is -1.99. The van der Waals surface area contributed by atoms with E-state index in [1.165, 1.54) is 6.26 Å². The molecule has 0 saturated heterocycles. The van der Waals surface area contributed by atoms with Crippen LogP contribution >= 0.6 is 0 Å². The second-order valence-corrected chi connectivity index (χ2v) is 7.33. The number of anilines is 1. The van der Waals surface area contributed by atoms with Gasteiger partial charge in [-0.2, -0.15) is 5.26 Å². The molecule has 3 aromatic rings. The second-order valence-electron chi connectivity index (χ2n) is 5.31. The van der Waals surface area contributed by atoms with Gasteiger partial charge >= 0.3 is 0 Å². The van der Waals surface area contributed by atoms with E-state index < -0.39 is 9.84 Å². The van der Waals surface area contributed by atoms with Crippen LogP contribution in [0.15, 0.2) is 47.4 Å². The molecule has 0 bridgehead atoms. The number of aromatic nitrogens is 2. The lowest BCUT2D eigenvalue weighted by molar-refractivity contribution is 0.602. The van der Waals surface area contributed by atoms with Gasteiger partial charge in [0.25, 0.3) is 0 Å². The first-order valence-corrected chi connectivity index (χ1v) is 9.02. The van der Waals surface area contributed by atoms with Gasteiger partial charge in [-0.1, -0.05) is 18.2 Å². The first kappa shape index (κ1) is 15.9. The molecule has 2 aromatic carbocycles. The van der Waals surface area contributed by atoms with E-state index in [4.69, 9.17) is 5.26 Å². The van der Waals surface area contributed by atoms with E-state index in [1.807, 2.05) is 24.3 Å². The van der Waals surface area contributed by atoms with E-state index in [9.17, 15) is 8.42 Å². The smallest absolute Gasteiger partial charge is 0.186 e. The summed E-state index contributed by atoms with van der Waals surface area (Å²) in [4.78, 5) is 0.281. The number of nitriles is 1. The van der Waals surface area contributed by atoms with Crippen LogP contribution in [-0.2, 0) is 9.84 Å². The van der Waals surface area contributed by atoms with Crippen molar-refractivity contribution in [1.82, 2.24) is 10.2 Å². The van der Waals surface area contributed by atoms with Crippen LogP contribution in [0.3, 0.4) is 0 Å². The van der Waals surface area contributed by atoms with Gasteiger partial charge in [0.2, 0.25) is 0 Å². The summed E-state index contributed by atoms with van der Waals surface area (Å²) in [7, 11) is -1.48. The van der Waals surface area contributed by atoms with Gasteiger partial charge in [0.05, 0.1) is 16.1 Å². The summed E-state index contributed by atoms with van der Waals surface area (Å²) >= 11 is 0. The molecule has 0 saturated carbocycles. The molecule has 0 spiro atoms. The molecule has 0 fully saturated rings. The van der Waals surface area contributed by atoms with Gasteiger partial charge in [-0.3, -0.25) is 0 Å². The first-order chi connectivity index (χ1) is 11.4. The Morgan fingerprint density at radius 2 is 1.71 bits per heavy atom. The number of nitrogens with zero attached hydrogens (tertiary/aromatic N) is 3. The molecule has 120 valence electrons. The van der Waals surface area contributed by atoms with E-state index in [0.717, 1.165) is 16.5 Å². The molecule has 1 aromatic heterocycles. The molecular weight excluding hydrogens is 324 g/mol. The van der Waals surface area contributed by atoms with Crippen molar-refractivity contribution >= 4 is 26.4 Å². The van der Waals surface area contributed by atoms with Crippen LogP contribution in [0.25, 0.3) is 22.0 Å². The van der Waals surface area contributed by atoms with Crippen molar-refractivity contribution in [2.75, 3.05) is 18.6 Å². The molecular formula is C17H14N4O2S. The summed E-state index contributed by atoms with van der Waals surface area (Å²) < 4.78 is 23.1. The average Bonchev–Trinajstić information content (AvgIpc) is 2.59. The van der Waals surface area contributed by atoms with Crippen molar-refractivity contribution in [3.8, 4) is 17.2 Å². The molecule has 0 aliphatic heterocycles. The van der Waals surface area contributed by atoms with Gasteiger partial charge < -0.3 is 5.32 Å². The van der Waals surface area contributed by atoms with E-state index in [2.05, 4.69) is 15.5 Å². The number of rotatable bonds is 3. The predicted octanol–water partition coefficient (Wildman–Crippen LogP) is 2.61. The molecule has 0 aliphatic carbocycles. The third kappa shape index (κ3) is 2.79. The van der Waals surface area contributed by atoms with Gasteiger partial charge in [-0.15, -0.1) is 10.2 Å². The number of nitrogens with one attached hydrogen (secondary N) is 1. The van der Waals surface area contributed by atoms with Crippen LogP contribution in [-0.4, -0.2) is 31.9 Å². The van der Waals surface area contributed by atoms with Crippen molar-refractivity contribution < 1.29 is 8.42 Å². The van der Waals surface area contributed by atoms with E-state index >= 15 is 0 Å².